The Hall–Kier alpha value is -2.83. The minimum absolute atomic E-state index is 0.0757. The van der Waals surface area contributed by atoms with Crippen LogP contribution in [0, 0.1) is 0 Å². The average Bonchev–Trinajstić information content (AvgIpc) is 3.21. The first kappa shape index (κ1) is 26.8. The van der Waals surface area contributed by atoms with Gasteiger partial charge in [-0.1, -0.05) is 6.92 Å². The Balaban J connectivity index is 1.46. The van der Waals surface area contributed by atoms with E-state index in [-0.39, 0.29) is 17.5 Å². The number of likely N-dealkylation sites (N-methyl/N-ethyl adjacent to an activating group) is 1. The molecule has 0 atom stereocenters. The number of thioether (sulfide) groups is 1. The lowest BCUT2D eigenvalue weighted by atomic mass is 10.0. The van der Waals surface area contributed by atoms with Gasteiger partial charge in [-0.05, 0) is 50.3 Å². The van der Waals surface area contributed by atoms with Crippen LogP contribution in [0.3, 0.4) is 0 Å². The molecule has 3 aromatic rings. The highest BCUT2D eigenvalue weighted by Crippen LogP contribution is 2.43. The van der Waals surface area contributed by atoms with Crippen molar-refractivity contribution in [3.63, 3.8) is 0 Å². The molecular formula is C26H29F3N6OS2. The molecule has 0 aliphatic carbocycles. The predicted molar refractivity (Wildman–Crippen MR) is 147 cm³/mol. The van der Waals surface area contributed by atoms with Crippen molar-refractivity contribution in [2.75, 3.05) is 56.7 Å². The summed E-state index contributed by atoms with van der Waals surface area (Å²) >= 11 is 2.51. The van der Waals surface area contributed by atoms with Crippen LogP contribution in [0.4, 0.5) is 30.5 Å². The Morgan fingerprint density at radius 1 is 1.21 bits per heavy atom. The Morgan fingerprint density at radius 2 is 1.97 bits per heavy atom. The van der Waals surface area contributed by atoms with Crippen molar-refractivity contribution in [2.45, 2.75) is 30.5 Å². The van der Waals surface area contributed by atoms with Gasteiger partial charge in [-0.3, -0.25) is 4.79 Å². The number of hydrogen-bond acceptors (Lipinski definition) is 8. The number of aromatic nitrogens is 2. The summed E-state index contributed by atoms with van der Waals surface area (Å²) < 4.78 is 41.9. The third-order valence-electron chi connectivity index (χ3n) is 6.92. The van der Waals surface area contributed by atoms with Gasteiger partial charge in [0, 0.05) is 60.9 Å². The fraction of sp³-hybridized carbons (Fsp3) is 0.423. The van der Waals surface area contributed by atoms with Gasteiger partial charge in [0.1, 0.15) is 10.4 Å². The van der Waals surface area contributed by atoms with Crippen molar-refractivity contribution in [2.24, 2.45) is 0 Å². The molecule has 38 heavy (non-hydrogen) atoms. The summed E-state index contributed by atoms with van der Waals surface area (Å²) in [6.45, 7) is 4.53. The van der Waals surface area contributed by atoms with E-state index >= 15 is 0 Å². The summed E-state index contributed by atoms with van der Waals surface area (Å²) in [5.41, 5.74) is 1.74. The predicted octanol–water partition coefficient (Wildman–Crippen LogP) is 5.46. The summed E-state index contributed by atoms with van der Waals surface area (Å²) in [5, 5.41) is 3.14. The molecule has 0 radical (unpaired) electrons. The van der Waals surface area contributed by atoms with E-state index in [1.54, 1.807) is 18.0 Å². The van der Waals surface area contributed by atoms with Crippen LogP contribution in [0.2, 0.25) is 0 Å². The number of nitrogens with one attached hydrogen (secondary N) is 1. The zero-order chi connectivity index (χ0) is 27.2. The number of amides is 1. The first-order chi connectivity index (χ1) is 18.0. The van der Waals surface area contributed by atoms with E-state index in [4.69, 9.17) is 0 Å². The number of aryl methyl sites for hydroxylation is 1. The number of anilines is 3. The molecule has 202 valence electrons. The van der Waals surface area contributed by atoms with Gasteiger partial charge in [-0.25, -0.2) is 9.97 Å². The van der Waals surface area contributed by atoms with Crippen molar-refractivity contribution >= 4 is 46.3 Å². The summed E-state index contributed by atoms with van der Waals surface area (Å²) in [6.07, 6.45) is -3.09. The van der Waals surface area contributed by atoms with Crippen LogP contribution in [0.5, 0.6) is 0 Å². The third-order valence-corrected chi connectivity index (χ3v) is 9.20. The van der Waals surface area contributed by atoms with Crippen molar-refractivity contribution in [3.05, 3.63) is 46.5 Å². The molecule has 5 rings (SSSR count). The van der Waals surface area contributed by atoms with Crippen LogP contribution in [0.25, 0.3) is 10.6 Å². The second-order valence-corrected chi connectivity index (χ2v) is 11.9. The van der Waals surface area contributed by atoms with Crippen molar-refractivity contribution in [1.29, 1.82) is 0 Å². The molecule has 7 nitrogen and oxygen atoms in total. The van der Waals surface area contributed by atoms with Crippen LogP contribution in [-0.2, 0) is 12.6 Å². The van der Waals surface area contributed by atoms with Gasteiger partial charge in [-0.2, -0.15) is 13.2 Å². The minimum Gasteiger partial charge on any atom is -0.368 e. The lowest BCUT2D eigenvalue weighted by Gasteiger charge is -2.44. The Kier molecular flexibility index (Phi) is 7.31. The molecule has 2 aliphatic heterocycles. The lowest BCUT2D eigenvalue weighted by molar-refractivity contribution is -0.137. The molecule has 4 heterocycles. The van der Waals surface area contributed by atoms with Crippen LogP contribution in [0.1, 0.15) is 27.7 Å². The highest BCUT2D eigenvalue weighted by atomic mass is 32.2. The molecule has 0 saturated carbocycles. The van der Waals surface area contributed by atoms with Gasteiger partial charge in [0.2, 0.25) is 5.95 Å². The topological polar surface area (TPSA) is 64.6 Å². The quantitative estimate of drug-likeness (QED) is 0.428. The zero-order valence-corrected chi connectivity index (χ0v) is 23.2. The first-order valence-corrected chi connectivity index (χ1v) is 14.1. The van der Waals surface area contributed by atoms with Crippen molar-refractivity contribution < 1.29 is 18.0 Å². The van der Waals surface area contributed by atoms with Crippen molar-refractivity contribution in [1.82, 2.24) is 19.8 Å². The van der Waals surface area contributed by atoms with Crippen LogP contribution < -0.4 is 10.2 Å². The minimum atomic E-state index is -4.64. The summed E-state index contributed by atoms with van der Waals surface area (Å²) in [6, 6.07) is 8.21. The number of thiophene rings is 1. The number of fused-ring (bicyclic) bond motifs is 1. The zero-order valence-electron chi connectivity index (χ0n) is 21.6. The smallest absolute Gasteiger partial charge is 0.368 e. The van der Waals surface area contributed by atoms with E-state index in [2.05, 4.69) is 45.2 Å². The van der Waals surface area contributed by atoms with Gasteiger partial charge in [0.25, 0.3) is 5.91 Å². The largest absolute Gasteiger partial charge is 0.420 e. The van der Waals surface area contributed by atoms with E-state index < -0.39 is 11.7 Å². The monoisotopic (exact) mass is 562 g/mol. The van der Waals surface area contributed by atoms with Crippen LogP contribution >= 0.6 is 23.1 Å². The molecule has 1 N–H and O–H groups in total. The molecule has 1 aromatic carbocycles. The third kappa shape index (κ3) is 5.21. The highest BCUT2D eigenvalue weighted by molar-refractivity contribution is 7.99. The Morgan fingerprint density at radius 3 is 2.66 bits per heavy atom. The second kappa shape index (κ2) is 10.4. The maximum atomic E-state index is 14.0. The molecule has 1 amide bonds. The molecule has 2 aliphatic rings. The van der Waals surface area contributed by atoms with E-state index in [0.29, 0.717) is 33.0 Å². The molecule has 2 aromatic heterocycles. The maximum absolute atomic E-state index is 14.0. The van der Waals surface area contributed by atoms with Crippen LogP contribution in [-0.4, -0.2) is 78.2 Å². The summed E-state index contributed by atoms with van der Waals surface area (Å²) in [7, 11) is 5.85. The van der Waals surface area contributed by atoms with Gasteiger partial charge in [0.05, 0.1) is 10.6 Å². The van der Waals surface area contributed by atoms with Gasteiger partial charge in [0.15, 0.2) is 0 Å². The number of carbonyl (C=O) groups excluding carboxylic acids is 1. The van der Waals surface area contributed by atoms with Crippen molar-refractivity contribution in [3.8, 4) is 10.6 Å². The normalized spacial score (nSPS) is 16.5. The van der Waals surface area contributed by atoms with Gasteiger partial charge in [-0.15, -0.1) is 23.1 Å². The second-order valence-electron chi connectivity index (χ2n) is 9.68. The molecule has 0 bridgehead atoms. The van der Waals surface area contributed by atoms with Gasteiger partial charge < -0.3 is 20.0 Å². The molecule has 0 unspecified atom stereocenters. The first-order valence-electron chi connectivity index (χ1n) is 12.3. The van der Waals surface area contributed by atoms with Gasteiger partial charge >= 0.3 is 6.18 Å². The lowest BCUT2D eigenvalue weighted by Crippen LogP contribution is -2.57. The highest BCUT2D eigenvalue weighted by Gasteiger charge is 2.37. The molecule has 0 spiro atoms. The van der Waals surface area contributed by atoms with E-state index in [0.717, 1.165) is 54.0 Å². The fourth-order valence-corrected chi connectivity index (χ4v) is 6.89. The standard InChI is InChI=1S/C26H29F3N6OS2/c1-5-15-10-16(35-13-17(14-35)33(2)3)6-7-19(15)31-25-30-12-18(26(27,28)29)22(32-25)20-11-21-23(38-20)24(36)34(4)8-9-37-21/h6-7,10-12,17H,5,8-9,13-14H2,1-4H3,(H,30,31,32). The number of rotatable bonds is 6. The molecular weight excluding hydrogens is 533 g/mol. The van der Waals surface area contributed by atoms with E-state index in [1.807, 2.05) is 19.1 Å². The number of alkyl halides is 3. The average molecular weight is 563 g/mol. The van der Waals surface area contributed by atoms with E-state index in [1.165, 1.54) is 11.8 Å². The number of benzene rings is 1. The number of nitrogens with zero attached hydrogens (tertiary/aromatic N) is 5. The molecule has 1 saturated heterocycles. The summed E-state index contributed by atoms with van der Waals surface area (Å²) in [4.78, 5) is 28.6. The Labute approximate surface area is 228 Å². The number of hydrogen-bond donors (Lipinski definition) is 1. The molecule has 12 heteroatoms. The molecule has 1 fully saturated rings. The fourth-order valence-electron chi connectivity index (χ4n) is 4.46. The van der Waals surface area contributed by atoms with E-state index in [9.17, 15) is 18.0 Å². The summed E-state index contributed by atoms with van der Waals surface area (Å²) in [5.74, 6) is 0.567. The Bertz CT molecular complexity index is 1350. The number of carbonyl (C=O) groups is 1. The SMILES string of the molecule is CCc1cc(N2CC(N(C)C)C2)ccc1Nc1ncc(C(F)(F)F)c(-c2cc3c(s2)C(=O)N(C)CCS3)n1. The van der Waals surface area contributed by atoms with Crippen LogP contribution in [0.15, 0.2) is 35.4 Å². The number of halogens is 3. The maximum Gasteiger partial charge on any atom is 0.420 e.